The van der Waals surface area contributed by atoms with Crippen LogP contribution in [0.4, 0.5) is 0 Å². The van der Waals surface area contributed by atoms with Gasteiger partial charge in [-0.1, -0.05) is 76.6 Å². The molecule has 1 heteroatoms. The van der Waals surface area contributed by atoms with Crippen molar-refractivity contribution in [3.05, 3.63) is 35.4 Å². The summed E-state index contributed by atoms with van der Waals surface area (Å²) in [6.45, 7) is 7.06. The number of hydrogen-bond acceptors (Lipinski definition) is 1. The second-order valence-electron chi connectivity index (χ2n) is 7.17. The summed E-state index contributed by atoms with van der Waals surface area (Å²) in [6.07, 6.45) is 12.4. The van der Waals surface area contributed by atoms with E-state index in [1.807, 2.05) is 0 Å². The second kappa shape index (κ2) is 10.0. The molecule has 1 nitrogen and oxygen atoms in total. The van der Waals surface area contributed by atoms with Gasteiger partial charge in [0.2, 0.25) is 0 Å². The summed E-state index contributed by atoms with van der Waals surface area (Å²) in [5.74, 6) is 1.44. The van der Waals surface area contributed by atoms with Crippen LogP contribution in [-0.4, -0.2) is 13.1 Å². The summed E-state index contributed by atoms with van der Waals surface area (Å²) in [6, 6.07) is 9.43. The molecule has 1 aliphatic heterocycles. The topological polar surface area (TPSA) is 12.0 Å². The minimum absolute atomic E-state index is 0.711. The Balaban J connectivity index is 1.78. The third kappa shape index (κ3) is 5.76. The number of benzene rings is 1. The summed E-state index contributed by atoms with van der Waals surface area (Å²) in [5, 5.41) is 3.54. The zero-order valence-corrected chi connectivity index (χ0v) is 14.7. The maximum Gasteiger partial charge on any atom is 0.00201 e. The van der Waals surface area contributed by atoms with Gasteiger partial charge in [0.25, 0.3) is 0 Å². The van der Waals surface area contributed by atoms with Crippen LogP contribution in [0.15, 0.2) is 24.3 Å². The van der Waals surface area contributed by atoms with E-state index in [-0.39, 0.29) is 0 Å². The van der Waals surface area contributed by atoms with Gasteiger partial charge in [-0.3, -0.25) is 0 Å². The van der Waals surface area contributed by atoms with Crippen LogP contribution >= 0.6 is 0 Å². The lowest BCUT2D eigenvalue weighted by Crippen LogP contribution is -2.28. The van der Waals surface area contributed by atoms with Gasteiger partial charge in [-0.15, -0.1) is 0 Å². The number of nitrogens with one attached hydrogen (secondary N) is 1. The van der Waals surface area contributed by atoms with Crippen molar-refractivity contribution < 1.29 is 0 Å². The van der Waals surface area contributed by atoms with Crippen LogP contribution in [-0.2, 0) is 0 Å². The Bertz CT molecular complexity index is 406. The molecule has 1 aromatic carbocycles. The zero-order chi connectivity index (χ0) is 15.6. The van der Waals surface area contributed by atoms with Gasteiger partial charge in [-0.05, 0) is 48.8 Å². The van der Waals surface area contributed by atoms with E-state index in [2.05, 4.69) is 43.4 Å². The Morgan fingerprint density at radius 1 is 1.14 bits per heavy atom. The molecule has 0 radical (unpaired) electrons. The Hall–Kier alpha value is -0.820. The summed E-state index contributed by atoms with van der Waals surface area (Å²) in [5.41, 5.74) is 3.11. The van der Waals surface area contributed by atoms with Crippen molar-refractivity contribution in [3.63, 3.8) is 0 Å². The second-order valence-corrected chi connectivity index (χ2v) is 7.17. The van der Waals surface area contributed by atoms with Crippen molar-refractivity contribution in [3.8, 4) is 0 Å². The average Bonchev–Trinajstić information content (AvgIpc) is 2.59. The number of rotatable bonds is 9. The third-order valence-corrected chi connectivity index (χ3v) is 5.24. The molecular weight excluding hydrogens is 266 g/mol. The summed E-state index contributed by atoms with van der Waals surface area (Å²) < 4.78 is 0. The molecule has 22 heavy (non-hydrogen) atoms. The Kier molecular flexibility index (Phi) is 8.01. The van der Waals surface area contributed by atoms with E-state index in [4.69, 9.17) is 0 Å². The molecule has 1 aromatic rings. The van der Waals surface area contributed by atoms with Gasteiger partial charge < -0.3 is 5.32 Å². The monoisotopic (exact) mass is 301 g/mol. The molecule has 1 N–H and O–H groups in total. The maximum absolute atomic E-state index is 3.54. The summed E-state index contributed by atoms with van der Waals surface area (Å²) in [4.78, 5) is 0. The van der Waals surface area contributed by atoms with Gasteiger partial charge in [0.05, 0.1) is 0 Å². The Labute approximate surface area is 137 Å². The van der Waals surface area contributed by atoms with Gasteiger partial charge in [0.15, 0.2) is 0 Å². The number of unbranched alkanes of at least 4 members (excludes halogenated alkanes) is 5. The van der Waals surface area contributed by atoms with E-state index < -0.39 is 0 Å². The van der Waals surface area contributed by atoms with Crippen molar-refractivity contribution in [2.75, 3.05) is 13.1 Å². The minimum Gasteiger partial charge on any atom is -0.316 e. The molecule has 0 saturated carbocycles. The first kappa shape index (κ1) is 17.5. The molecule has 0 aliphatic carbocycles. The number of piperidine rings is 1. The van der Waals surface area contributed by atoms with Gasteiger partial charge >= 0.3 is 0 Å². The van der Waals surface area contributed by atoms with Crippen LogP contribution in [0.5, 0.6) is 0 Å². The van der Waals surface area contributed by atoms with E-state index in [0.29, 0.717) is 5.92 Å². The first-order valence-electron chi connectivity index (χ1n) is 9.62. The highest BCUT2D eigenvalue weighted by Gasteiger charge is 2.16. The quantitative estimate of drug-likeness (QED) is 0.551. The molecule has 1 saturated heterocycles. The molecule has 2 atom stereocenters. The Morgan fingerprint density at radius 3 is 2.73 bits per heavy atom. The van der Waals surface area contributed by atoms with E-state index >= 15 is 0 Å². The molecule has 124 valence electrons. The van der Waals surface area contributed by atoms with Crippen LogP contribution < -0.4 is 5.32 Å². The highest BCUT2D eigenvalue weighted by atomic mass is 14.9. The highest BCUT2D eigenvalue weighted by Crippen LogP contribution is 2.28. The van der Waals surface area contributed by atoms with Gasteiger partial charge in [0, 0.05) is 6.54 Å². The van der Waals surface area contributed by atoms with Crippen molar-refractivity contribution in [2.45, 2.75) is 83.5 Å². The van der Waals surface area contributed by atoms with Crippen molar-refractivity contribution in [1.29, 1.82) is 0 Å². The van der Waals surface area contributed by atoms with Crippen LogP contribution in [0.1, 0.15) is 94.6 Å². The van der Waals surface area contributed by atoms with Crippen LogP contribution in [0.3, 0.4) is 0 Å². The lowest BCUT2D eigenvalue weighted by atomic mass is 9.87. The van der Waals surface area contributed by atoms with E-state index in [0.717, 1.165) is 12.5 Å². The molecule has 0 spiro atoms. The van der Waals surface area contributed by atoms with E-state index in [1.54, 1.807) is 11.1 Å². The van der Waals surface area contributed by atoms with Gasteiger partial charge in [-0.25, -0.2) is 0 Å². The molecule has 0 amide bonds. The first-order chi connectivity index (χ1) is 10.8. The molecule has 2 rings (SSSR count). The maximum atomic E-state index is 3.54. The lowest BCUT2D eigenvalue weighted by molar-refractivity contribution is 0.461. The predicted molar refractivity (Wildman–Crippen MR) is 97.7 cm³/mol. The molecule has 1 fully saturated rings. The fourth-order valence-electron chi connectivity index (χ4n) is 3.65. The minimum atomic E-state index is 0.711. The molecule has 0 bridgehead atoms. The number of hydrogen-bond donors (Lipinski definition) is 1. The average molecular weight is 302 g/mol. The van der Waals surface area contributed by atoms with Gasteiger partial charge in [-0.2, -0.15) is 0 Å². The Morgan fingerprint density at radius 2 is 1.95 bits per heavy atom. The standard InChI is InChI=1S/C21H35N/c1-3-4-5-6-7-8-11-18(2)19-12-9-13-20(16-19)21-14-10-15-22-17-21/h9,12-13,16,18,21-22H,3-8,10-11,14-15,17H2,1-2H3. The molecule has 2 unspecified atom stereocenters. The van der Waals surface area contributed by atoms with Crippen molar-refractivity contribution >= 4 is 0 Å². The highest BCUT2D eigenvalue weighted by molar-refractivity contribution is 5.29. The third-order valence-electron chi connectivity index (χ3n) is 5.24. The smallest absolute Gasteiger partial charge is 0.00201 e. The first-order valence-corrected chi connectivity index (χ1v) is 9.62. The molecular formula is C21H35N. The van der Waals surface area contributed by atoms with Crippen LogP contribution in [0, 0.1) is 0 Å². The van der Waals surface area contributed by atoms with Crippen LogP contribution in [0.25, 0.3) is 0 Å². The summed E-state index contributed by atoms with van der Waals surface area (Å²) in [7, 11) is 0. The fourth-order valence-corrected chi connectivity index (χ4v) is 3.65. The largest absolute Gasteiger partial charge is 0.316 e. The van der Waals surface area contributed by atoms with Crippen molar-refractivity contribution in [1.82, 2.24) is 5.32 Å². The summed E-state index contributed by atoms with van der Waals surface area (Å²) >= 11 is 0. The van der Waals surface area contributed by atoms with Crippen LogP contribution in [0.2, 0.25) is 0 Å². The molecule has 1 heterocycles. The van der Waals surface area contributed by atoms with Crippen molar-refractivity contribution in [2.24, 2.45) is 0 Å². The lowest BCUT2D eigenvalue weighted by Gasteiger charge is -2.24. The van der Waals surface area contributed by atoms with E-state index in [9.17, 15) is 0 Å². The molecule has 1 aliphatic rings. The van der Waals surface area contributed by atoms with E-state index in [1.165, 1.54) is 64.3 Å². The van der Waals surface area contributed by atoms with Gasteiger partial charge in [0.1, 0.15) is 0 Å². The SMILES string of the molecule is CCCCCCCCC(C)c1cccc(C2CCCNC2)c1. The molecule has 0 aromatic heterocycles. The zero-order valence-electron chi connectivity index (χ0n) is 14.7. The normalized spacial score (nSPS) is 20.0. The fraction of sp³-hybridized carbons (Fsp3) is 0.714. The predicted octanol–water partition coefficient (Wildman–Crippen LogP) is 6.01.